The molecule has 0 heteroatoms. The summed E-state index contributed by atoms with van der Waals surface area (Å²) in [7, 11) is 0. The zero-order valence-electron chi connectivity index (χ0n) is 15.4. The number of unbranched alkanes of at least 4 members (excludes halogenated alkanes) is 2. The Bertz CT molecular complexity index is 196. The number of hydrogen-bond acceptors (Lipinski definition) is 0. The van der Waals surface area contributed by atoms with E-state index >= 15 is 0 Å². The van der Waals surface area contributed by atoms with Crippen molar-refractivity contribution in [1.29, 1.82) is 0 Å². The molecule has 0 radical (unpaired) electrons. The molecule has 0 bridgehead atoms. The van der Waals surface area contributed by atoms with Crippen LogP contribution < -0.4 is 0 Å². The van der Waals surface area contributed by atoms with Crippen LogP contribution in [0.25, 0.3) is 0 Å². The molecule has 0 aromatic heterocycles. The highest BCUT2D eigenvalue weighted by atomic mass is 14.3. The molecule has 0 aliphatic heterocycles. The lowest BCUT2D eigenvalue weighted by atomic mass is 9.69. The maximum absolute atomic E-state index is 2.54. The lowest BCUT2D eigenvalue weighted by molar-refractivity contribution is 0.138. The van der Waals surface area contributed by atoms with Crippen LogP contribution in [0.15, 0.2) is 0 Å². The average molecular weight is 283 g/mol. The number of hydrogen-bond donors (Lipinski definition) is 0. The fraction of sp³-hybridized carbons (Fsp3) is 1.00. The summed E-state index contributed by atoms with van der Waals surface area (Å²) in [6, 6.07) is 0. The van der Waals surface area contributed by atoms with E-state index in [0.717, 1.165) is 23.7 Å². The van der Waals surface area contributed by atoms with E-state index in [9.17, 15) is 0 Å². The topological polar surface area (TPSA) is 0 Å². The molecule has 20 heavy (non-hydrogen) atoms. The minimum atomic E-state index is 0.923. The van der Waals surface area contributed by atoms with Crippen molar-refractivity contribution in [2.24, 2.45) is 23.7 Å². The molecule has 0 amide bonds. The third-order valence-corrected chi connectivity index (χ3v) is 5.28. The smallest absolute Gasteiger partial charge is 0.0358 e. The van der Waals surface area contributed by atoms with Gasteiger partial charge in [0.05, 0.1) is 0 Å². The lowest BCUT2D eigenvalue weighted by Gasteiger charge is -2.36. The maximum atomic E-state index is 2.54. The minimum absolute atomic E-state index is 0.923. The SMILES string of the molecule is CCCCC(C)C(CCC)C(CCCC)C(C)CCC. The van der Waals surface area contributed by atoms with E-state index in [4.69, 9.17) is 0 Å². The van der Waals surface area contributed by atoms with Gasteiger partial charge in [-0.25, -0.2) is 0 Å². The highest BCUT2D eigenvalue weighted by Crippen LogP contribution is 2.38. The minimum Gasteiger partial charge on any atom is -0.0654 e. The summed E-state index contributed by atoms with van der Waals surface area (Å²) >= 11 is 0. The normalized spacial score (nSPS) is 17.7. The molecule has 0 fully saturated rings. The Morgan fingerprint density at radius 1 is 0.500 bits per heavy atom. The molecule has 0 N–H and O–H groups in total. The van der Waals surface area contributed by atoms with Gasteiger partial charge in [0.15, 0.2) is 0 Å². The molecule has 0 aromatic rings. The Hall–Kier alpha value is 0. The summed E-state index contributed by atoms with van der Waals surface area (Å²) in [6.07, 6.45) is 14.1. The van der Waals surface area contributed by atoms with Crippen molar-refractivity contribution in [3.63, 3.8) is 0 Å². The first-order valence-electron chi connectivity index (χ1n) is 9.62. The van der Waals surface area contributed by atoms with Crippen molar-refractivity contribution in [1.82, 2.24) is 0 Å². The fourth-order valence-corrected chi connectivity index (χ4v) is 4.02. The van der Waals surface area contributed by atoms with Crippen molar-refractivity contribution >= 4 is 0 Å². The van der Waals surface area contributed by atoms with Gasteiger partial charge in [-0.3, -0.25) is 0 Å². The molecule has 0 rings (SSSR count). The second kappa shape index (κ2) is 12.7. The summed E-state index contributed by atoms with van der Waals surface area (Å²) in [5.74, 6) is 3.80. The van der Waals surface area contributed by atoms with Gasteiger partial charge in [0.25, 0.3) is 0 Å². The molecule has 0 aliphatic carbocycles. The quantitative estimate of drug-likeness (QED) is 0.328. The first-order valence-corrected chi connectivity index (χ1v) is 9.62. The van der Waals surface area contributed by atoms with Gasteiger partial charge in [-0.1, -0.05) is 99.3 Å². The summed E-state index contributed by atoms with van der Waals surface area (Å²) in [6.45, 7) is 14.5. The third-order valence-electron chi connectivity index (χ3n) is 5.28. The van der Waals surface area contributed by atoms with E-state index in [1.165, 1.54) is 64.2 Å². The monoisotopic (exact) mass is 282 g/mol. The van der Waals surface area contributed by atoms with Gasteiger partial charge < -0.3 is 0 Å². The van der Waals surface area contributed by atoms with Crippen LogP contribution in [-0.4, -0.2) is 0 Å². The maximum Gasteiger partial charge on any atom is -0.0358 e. The van der Waals surface area contributed by atoms with E-state index in [2.05, 4.69) is 41.5 Å². The Labute approximate surface area is 130 Å². The van der Waals surface area contributed by atoms with E-state index in [-0.39, 0.29) is 0 Å². The first kappa shape index (κ1) is 20.0. The standard InChI is InChI=1S/C20H42/c1-7-11-15-18(6)19(14-10-4)20(16-12-8-2)17(5)13-9-3/h17-20H,7-16H2,1-6H3. The van der Waals surface area contributed by atoms with Crippen molar-refractivity contribution in [2.45, 2.75) is 106 Å². The summed E-state index contributed by atoms with van der Waals surface area (Å²) < 4.78 is 0. The Morgan fingerprint density at radius 2 is 0.950 bits per heavy atom. The molecular formula is C20H42. The van der Waals surface area contributed by atoms with Crippen LogP contribution in [0.1, 0.15) is 106 Å². The molecule has 4 unspecified atom stereocenters. The molecule has 122 valence electrons. The summed E-state index contributed by atoms with van der Waals surface area (Å²) in [4.78, 5) is 0. The fourth-order valence-electron chi connectivity index (χ4n) is 4.02. The first-order chi connectivity index (χ1) is 9.62. The van der Waals surface area contributed by atoms with Gasteiger partial charge in [0.1, 0.15) is 0 Å². The lowest BCUT2D eigenvalue weighted by Crippen LogP contribution is -2.27. The van der Waals surface area contributed by atoms with Crippen LogP contribution in [0.3, 0.4) is 0 Å². The van der Waals surface area contributed by atoms with E-state index < -0.39 is 0 Å². The van der Waals surface area contributed by atoms with Crippen LogP contribution in [0.2, 0.25) is 0 Å². The van der Waals surface area contributed by atoms with Gasteiger partial charge in [0, 0.05) is 0 Å². The Kier molecular flexibility index (Phi) is 12.7. The van der Waals surface area contributed by atoms with E-state index in [1.807, 2.05) is 0 Å². The van der Waals surface area contributed by atoms with Gasteiger partial charge in [-0.2, -0.15) is 0 Å². The predicted molar refractivity (Wildman–Crippen MR) is 94.2 cm³/mol. The molecule has 0 spiro atoms. The van der Waals surface area contributed by atoms with Gasteiger partial charge >= 0.3 is 0 Å². The summed E-state index contributed by atoms with van der Waals surface area (Å²) in [5.41, 5.74) is 0. The zero-order chi connectivity index (χ0) is 15.4. The summed E-state index contributed by atoms with van der Waals surface area (Å²) in [5, 5.41) is 0. The van der Waals surface area contributed by atoms with Crippen LogP contribution in [0.4, 0.5) is 0 Å². The molecule has 0 aromatic carbocycles. The van der Waals surface area contributed by atoms with Crippen molar-refractivity contribution in [3.8, 4) is 0 Å². The average Bonchev–Trinajstić information content (AvgIpc) is 2.44. The molecule has 0 nitrogen and oxygen atoms in total. The van der Waals surface area contributed by atoms with Crippen LogP contribution in [-0.2, 0) is 0 Å². The highest BCUT2D eigenvalue weighted by molar-refractivity contribution is 4.79. The van der Waals surface area contributed by atoms with Gasteiger partial charge in [-0.05, 0) is 30.1 Å². The molecule has 0 aliphatic rings. The molecule has 4 atom stereocenters. The van der Waals surface area contributed by atoms with Crippen molar-refractivity contribution in [2.75, 3.05) is 0 Å². The second-order valence-corrected chi connectivity index (χ2v) is 7.14. The predicted octanol–water partition coefficient (Wildman–Crippen LogP) is 7.47. The van der Waals surface area contributed by atoms with Crippen LogP contribution >= 0.6 is 0 Å². The van der Waals surface area contributed by atoms with Crippen LogP contribution in [0, 0.1) is 23.7 Å². The van der Waals surface area contributed by atoms with E-state index in [1.54, 1.807) is 0 Å². The largest absolute Gasteiger partial charge is 0.0654 e. The molecule has 0 saturated heterocycles. The van der Waals surface area contributed by atoms with Crippen molar-refractivity contribution in [3.05, 3.63) is 0 Å². The second-order valence-electron chi connectivity index (χ2n) is 7.14. The Morgan fingerprint density at radius 3 is 1.45 bits per heavy atom. The Balaban J connectivity index is 4.78. The zero-order valence-corrected chi connectivity index (χ0v) is 15.4. The van der Waals surface area contributed by atoms with Crippen molar-refractivity contribution < 1.29 is 0 Å². The van der Waals surface area contributed by atoms with Gasteiger partial charge in [-0.15, -0.1) is 0 Å². The molecular weight excluding hydrogens is 240 g/mol. The molecule has 0 saturated carbocycles. The van der Waals surface area contributed by atoms with Gasteiger partial charge in [0.2, 0.25) is 0 Å². The highest BCUT2D eigenvalue weighted by Gasteiger charge is 2.29. The van der Waals surface area contributed by atoms with E-state index in [0.29, 0.717) is 0 Å². The molecule has 0 heterocycles. The van der Waals surface area contributed by atoms with Crippen LogP contribution in [0.5, 0.6) is 0 Å². The number of rotatable bonds is 13. The third kappa shape index (κ3) is 7.70.